The highest BCUT2D eigenvalue weighted by molar-refractivity contribution is 5.98. The Morgan fingerprint density at radius 2 is 2.14 bits per heavy atom. The van der Waals surface area contributed by atoms with Crippen LogP contribution in [-0.4, -0.2) is 31.2 Å². The molecule has 0 fully saturated rings. The number of H-pyrrole nitrogens is 1. The maximum Gasteiger partial charge on any atom is 0.267 e. The van der Waals surface area contributed by atoms with Gasteiger partial charge in [0.15, 0.2) is 0 Å². The number of aromatic amines is 1. The SMILES string of the molecule is COCCC(C)(C)CNC(=O)c1cc2cc(N)ccc2[nH]1. The maximum absolute atomic E-state index is 12.2. The first-order valence-corrected chi connectivity index (χ1v) is 7.07. The number of hydrogen-bond donors (Lipinski definition) is 3. The Hall–Kier alpha value is -2.01. The molecule has 21 heavy (non-hydrogen) atoms. The minimum absolute atomic E-state index is 0.00210. The molecule has 1 aromatic carbocycles. The minimum atomic E-state index is -0.102. The number of nitrogen functional groups attached to an aromatic ring is 1. The third kappa shape index (κ3) is 3.98. The van der Waals surface area contributed by atoms with Crippen LogP contribution in [0.3, 0.4) is 0 Å². The molecule has 0 aliphatic rings. The number of hydrogen-bond acceptors (Lipinski definition) is 3. The molecule has 0 aliphatic carbocycles. The number of carbonyl (C=O) groups is 1. The molecule has 0 spiro atoms. The van der Waals surface area contributed by atoms with E-state index in [1.807, 2.05) is 24.3 Å². The Balaban J connectivity index is 2.02. The number of ether oxygens (including phenoxy) is 1. The zero-order chi connectivity index (χ0) is 15.5. The van der Waals surface area contributed by atoms with Gasteiger partial charge in [-0.1, -0.05) is 13.8 Å². The summed E-state index contributed by atoms with van der Waals surface area (Å²) in [7, 11) is 1.69. The van der Waals surface area contributed by atoms with Crippen LogP contribution < -0.4 is 11.1 Å². The van der Waals surface area contributed by atoms with Gasteiger partial charge in [-0.05, 0) is 36.1 Å². The molecule has 0 saturated heterocycles. The average molecular weight is 289 g/mol. The predicted molar refractivity (Wildman–Crippen MR) is 85.3 cm³/mol. The zero-order valence-corrected chi connectivity index (χ0v) is 12.8. The van der Waals surface area contributed by atoms with Crippen LogP contribution in [0.25, 0.3) is 10.9 Å². The number of amides is 1. The van der Waals surface area contributed by atoms with E-state index in [9.17, 15) is 4.79 Å². The van der Waals surface area contributed by atoms with Crippen molar-refractivity contribution in [2.45, 2.75) is 20.3 Å². The fourth-order valence-electron chi connectivity index (χ4n) is 2.15. The Kier molecular flexibility index (Phi) is 4.53. The van der Waals surface area contributed by atoms with Gasteiger partial charge in [0.05, 0.1) is 0 Å². The Bertz CT molecular complexity index is 631. The van der Waals surface area contributed by atoms with Gasteiger partial charge >= 0.3 is 0 Å². The summed E-state index contributed by atoms with van der Waals surface area (Å²) in [5.74, 6) is -0.102. The molecule has 0 atom stereocenters. The minimum Gasteiger partial charge on any atom is -0.399 e. The lowest BCUT2D eigenvalue weighted by atomic mass is 9.90. The highest BCUT2D eigenvalue weighted by Gasteiger charge is 2.19. The number of methoxy groups -OCH3 is 1. The molecular weight excluding hydrogens is 266 g/mol. The molecular formula is C16H23N3O2. The molecule has 1 heterocycles. The number of benzene rings is 1. The van der Waals surface area contributed by atoms with Crippen molar-refractivity contribution in [2.24, 2.45) is 5.41 Å². The van der Waals surface area contributed by atoms with Gasteiger partial charge in [0.25, 0.3) is 5.91 Å². The van der Waals surface area contributed by atoms with Crippen LogP contribution in [0.2, 0.25) is 0 Å². The van der Waals surface area contributed by atoms with Crippen LogP contribution in [0.5, 0.6) is 0 Å². The second kappa shape index (κ2) is 6.18. The molecule has 4 N–H and O–H groups in total. The number of nitrogens with two attached hydrogens (primary N) is 1. The first-order chi connectivity index (χ1) is 9.91. The fourth-order valence-corrected chi connectivity index (χ4v) is 2.15. The van der Waals surface area contributed by atoms with Crippen LogP contribution >= 0.6 is 0 Å². The van der Waals surface area contributed by atoms with Crippen LogP contribution in [0.15, 0.2) is 24.3 Å². The first-order valence-electron chi connectivity index (χ1n) is 7.07. The summed E-state index contributed by atoms with van der Waals surface area (Å²) >= 11 is 0. The summed E-state index contributed by atoms with van der Waals surface area (Å²) in [6.45, 7) is 5.51. The average Bonchev–Trinajstić information content (AvgIpc) is 2.85. The molecule has 0 unspecified atom stereocenters. The summed E-state index contributed by atoms with van der Waals surface area (Å²) in [6.07, 6.45) is 0.896. The van der Waals surface area contributed by atoms with E-state index in [-0.39, 0.29) is 11.3 Å². The summed E-state index contributed by atoms with van der Waals surface area (Å²) in [4.78, 5) is 15.3. The zero-order valence-electron chi connectivity index (χ0n) is 12.8. The number of anilines is 1. The van der Waals surface area contributed by atoms with Crippen LogP contribution in [0, 0.1) is 5.41 Å². The molecule has 2 aromatic rings. The number of nitrogens with one attached hydrogen (secondary N) is 2. The van der Waals surface area contributed by atoms with Gasteiger partial charge in [-0.15, -0.1) is 0 Å². The van der Waals surface area contributed by atoms with Crippen LogP contribution in [0.1, 0.15) is 30.8 Å². The van der Waals surface area contributed by atoms with E-state index in [4.69, 9.17) is 10.5 Å². The van der Waals surface area contributed by atoms with Crippen molar-refractivity contribution in [1.29, 1.82) is 0 Å². The fraction of sp³-hybridized carbons (Fsp3) is 0.438. The van der Waals surface area contributed by atoms with Gasteiger partial charge in [-0.3, -0.25) is 4.79 Å². The van der Waals surface area contributed by atoms with Crippen molar-refractivity contribution in [3.05, 3.63) is 30.0 Å². The normalized spacial score (nSPS) is 11.8. The molecule has 0 aliphatic heterocycles. The van der Waals surface area contributed by atoms with Crippen LogP contribution in [0.4, 0.5) is 5.69 Å². The van der Waals surface area contributed by atoms with Crippen molar-refractivity contribution in [3.63, 3.8) is 0 Å². The summed E-state index contributed by atoms with van der Waals surface area (Å²) in [5, 5.41) is 3.91. The van der Waals surface area contributed by atoms with Crippen LogP contribution in [-0.2, 0) is 4.74 Å². The largest absolute Gasteiger partial charge is 0.399 e. The van der Waals surface area contributed by atoms with Gasteiger partial charge < -0.3 is 20.8 Å². The summed E-state index contributed by atoms with van der Waals surface area (Å²) in [5.41, 5.74) is 7.90. The monoisotopic (exact) mass is 289 g/mol. The molecule has 2 rings (SSSR count). The summed E-state index contributed by atoms with van der Waals surface area (Å²) in [6, 6.07) is 7.37. The van der Waals surface area contributed by atoms with Gasteiger partial charge in [-0.25, -0.2) is 0 Å². The maximum atomic E-state index is 12.2. The highest BCUT2D eigenvalue weighted by Crippen LogP contribution is 2.20. The molecule has 1 amide bonds. The lowest BCUT2D eigenvalue weighted by Crippen LogP contribution is -2.34. The Morgan fingerprint density at radius 3 is 2.86 bits per heavy atom. The van der Waals surface area contributed by atoms with E-state index in [2.05, 4.69) is 24.1 Å². The quantitative estimate of drug-likeness (QED) is 0.715. The number of aromatic nitrogens is 1. The molecule has 0 saturated carbocycles. The van der Waals surface area contributed by atoms with Crippen molar-refractivity contribution < 1.29 is 9.53 Å². The van der Waals surface area contributed by atoms with E-state index < -0.39 is 0 Å². The van der Waals surface area contributed by atoms with Gasteiger partial charge in [0, 0.05) is 36.9 Å². The molecule has 114 valence electrons. The standard InChI is InChI=1S/C16H23N3O2/c1-16(2,6-7-21-3)10-18-15(20)14-9-11-8-12(17)4-5-13(11)19-14/h4-5,8-9,19H,6-7,10,17H2,1-3H3,(H,18,20). The highest BCUT2D eigenvalue weighted by atomic mass is 16.5. The molecule has 5 heteroatoms. The lowest BCUT2D eigenvalue weighted by Gasteiger charge is -2.24. The van der Waals surface area contributed by atoms with Gasteiger partial charge in [0.1, 0.15) is 5.69 Å². The van der Waals surface area contributed by atoms with E-state index in [0.717, 1.165) is 17.3 Å². The Morgan fingerprint density at radius 1 is 1.38 bits per heavy atom. The number of rotatable bonds is 6. The second-order valence-electron chi connectivity index (χ2n) is 6.12. The molecule has 1 aromatic heterocycles. The Labute approximate surface area is 124 Å². The van der Waals surface area contributed by atoms with Gasteiger partial charge in [0.2, 0.25) is 0 Å². The van der Waals surface area contributed by atoms with Crippen molar-refractivity contribution >= 4 is 22.5 Å². The van der Waals surface area contributed by atoms with Crippen molar-refractivity contribution in [3.8, 4) is 0 Å². The molecule has 5 nitrogen and oxygen atoms in total. The predicted octanol–water partition coefficient (Wildman–Crippen LogP) is 2.54. The second-order valence-corrected chi connectivity index (χ2v) is 6.12. The number of carbonyl (C=O) groups excluding carboxylic acids is 1. The van der Waals surface area contributed by atoms with Crippen molar-refractivity contribution in [1.82, 2.24) is 10.3 Å². The first kappa shape index (κ1) is 15.4. The topological polar surface area (TPSA) is 80.1 Å². The third-order valence-electron chi connectivity index (χ3n) is 3.60. The van der Waals surface area contributed by atoms with E-state index in [1.165, 1.54) is 0 Å². The van der Waals surface area contributed by atoms with Gasteiger partial charge in [-0.2, -0.15) is 0 Å². The number of fused-ring (bicyclic) bond motifs is 1. The van der Waals surface area contributed by atoms with E-state index in [0.29, 0.717) is 24.5 Å². The summed E-state index contributed by atoms with van der Waals surface area (Å²) < 4.78 is 5.09. The molecule has 0 bridgehead atoms. The van der Waals surface area contributed by atoms with E-state index in [1.54, 1.807) is 7.11 Å². The molecule has 0 radical (unpaired) electrons. The smallest absolute Gasteiger partial charge is 0.267 e. The van der Waals surface area contributed by atoms with E-state index >= 15 is 0 Å². The lowest BCUT2D eigenvalue weighted by molar-refractivity contribution is 0.0917. The van der Waals surface area contributed by atoms with Crippen molar-refractivity contribution in [2.75, 3.05) is 26.0 Å². The third-order valence-corrected chi connectivity index (χ3v) is 3.60.